The molecule has 0 fully saturated rings. The van der Waals surface area contributed by atoms with Crippen molar-refractivity contribution in [2.24, 2.45) is 0 Å². The van der Waals surface area contributed by atoms with E-state index in [0.29, 0.717) is 11.3 Å². The number of halogens is 2. The Hall–Kier alpha value is -1.19. The average Bonchev–Trinajstić information content (AvgIpc) is 2.45. The second-order valence-electron chi connectivity index (χ2n) is 3.17. The maximum absolute atomic E-state index is 11.5. The minimum absolute atomic E-state index is 0.300. The van der Waals surface area contributed by atoms with Crippen LogP contribution in [0.5, 0.6) is 0 Å². The van der Waals surface area contributed by atoms with E-state index in [2.05, 4.69) is 0 Å². The Bertz CT molecular complexity index is 543. The van der Waals surface area contributed by atoms with Crippen molar-refractivity contribution in [1.29, 1.82) is 0 Å². The van der Waals surface area contributed by atoms with Crippen LogP contribution in [0, 0.1) is 6.92 Å². The maximum Gasteiger partial charge on any atom is 0.286 e. The zero-order chi connectivity index (χ0) is 11.0. The summed E-state index contributed by atoms with van der Waals surface area (Å²) in [4.78, 5) is 11.5. The molecule has 0 aliphatic carbocycles. The molecule has 1 heterocycles. The number of rotatable bonds is 1. The molecule has 78 valence electrons. The molecule has 0 radical (unpaired) electrons. The molecule has 1 aromatic carbocycles. The van der Waals surface area contributed by atoms with Crippen molar-refractivity contribution in [2.45, 2.75) is 6.92 Å². The van der Waals surface area contributed by atoms with E-state index in [1.165, 1.54) is 0 Å². The Morgan fingerprint density at radius 1 is 1.07 bits per heavy atom. The van der Waals surface area contributed by atoms with Crippen LogP contribution in [-0.4, -0.2) is 8.40 Å². The molecular weight excluding hydrogens is 235 g/mol. The van der Waals surface area contributed by atoms with E-state index < -0.39 is 0 Å². The van der Waals surface area contributed by atoms with Crippen LogP contribution in [0.1, 0.15) is 5.56 Å². The molecule has 2 rings (SSSR count). The first kappa shape index (κ1) is 10.3. The minimum atomic E-state index is -0.300. The van der Waals surface area contributed by atoms with Crippen LogP contribution in [0.4, 0.5) is 0 Å². The lowest BCUT2D eigenvalue weighted by Gasteiger charge is -2.01. The maximum atomic E-state index is 11.5. The SMILES string of the molecule is Cc1c(-c2ccccc2)n(Cl)n(Cl)c1=O. The first-order chi connectivity index (χ1) is 7.13. The third kappa shape index (κ3) is 1.58. The molecule has 0 aliphatic rings. The molecule has 0 atom stereocenters. The van der Waals surface area contributed by atoms with Gasteiger partial charge in [-0.25, -0.2) is 0 Å². The van der Waals surface area contributed by atoms with Gasteiger partial charge in [0.15, 0.2) is 0 Å². The molecule has 0 aliphatic heterocycles. The van der Waals surface area contributed by atoms with E-state index in [4.69, 9.17) is 23.6 Å². The molecule has 0 spiro atoms. The van der Waals surface area contributed by atoms with Gasteiger partial charge < -0.3 is 0 Å². The summed E-state index contributed by atoms with van der Waals surface area (Å²) >= 11 is 11.6. The number of nitrogens with zero attached hydrogens (tertiary/aromatic N) is 2. The summed E-state index contributed by atoms with van der Waals surface area (Å²) in [5.41, 5.74) is 1.72. The lowest BCUT2D eigenvalue weighted by atomic mass is 10.1. The van der Waals surface area contributed by atoms with Gasteiger partial charge in [-0.15, -0.1) is 4.20 Å². The van der Waals surface area contributed by atoms with Crippen molar-refractivity contribution in [3.63, 3.8) is 0 Å². The fraction of sp³-hybridized carbons (Fsp3) is 0.100. The van der Waals surface area contributed by atoms with Gasteiger partial charge in [-0.05, 0) is 6.92 Å². The van der Waals surface area contributed by atoms with Gasteiger partial charge in [-0.1, -0.05) is 30.3 Å². The average molecular weight is 243 g/mol. The molecule has 2 aromatic rings. The van der Waals surface area contributed by atoms with E-state index in [9.17, 15) is 4.79 Å². The topological polar surface area (TPSA) is 26.9 Å². The monoisotopic (exact) mass is 242 g/mol. The second kappa shape index (κ2) is 3.76. The third-order valence-corrected chi connectivity index (χ3v) is 2.93. The first-order valence-electron chi connectivity index (χ1n) is 4.35. The van der Waals surface area contributed by atoms with Crippen LogP contribution in [0.25, 0.3) is 11.3 Å². The Kier molecular flexibility index (Phi) is 2.59. The van der Waals surface area contributed by atoms with Crippen LogP contribution in [0.15, 0.2) is 35.1 Å². The fourth-order valence-electron chi connectivity index (χ4n) is 1.46. The number of hydrogen-bond acceptors (Lipinski definition) is 1. The van der Waals surface area contributed by atoms with Gasteiger partial charge in [0.05, 0.1) is 5.69 Å². The van der Waals surface area contributed by atoms with Crippen molar-refractivity contribution < 1.29 is 0 Å². The molecule has 0 unspecified atom stereocenters. The van der Waals surface area contributed by atoms with Crippen molar-refractivity contribution in [2.75, 3.05) is 0 Å². The largest absolute Gasteiger partial charge is 0.286 e. The summed E-state index contributed by atoms with van der Waals surface area (Å²) in [6.45, 7) is 1.70. The Morgan fingerprint density at radius 2 is 1.67 bits per heavy atom. The van der Waals surface area contributed by atoms with E-state index in [-0.39, 0.29) is 5.56 Å². The fourth-order valence-corrected chi connectivity index (χ4v) is 1.96. The van der Waals surface area contributed by atoms with Crippen molar-refractivity contribution in [3.8, 4) is 11.3 Å². The van der Waals surface area contributed by atoms with Gasteiger partial charge >= 0.3 is 0 Å². The van der Waals surface area contributed by atoms with E-state index in [1.807, 2.05) is 30.3 Å². The van der Waals surface area contributed by atoms with Gasteiger partial charge in [0.2, 0.25) is 0 Å². The Balaban J connectivity index is 2.75. The molecule has 0 N–H and O–H groups in total. The van der Waals surface area contributed by atoms with Crippen LogP contribution in [0.2, 0.25) is 0 Å². The van der Waals surface area contributed by atoms with Gasteiger partial charge in [0, 0.05) is 34.7 Å². The van der Waals surface area contributed by atoms with Crippen LogP contribution in [-0.2, 0) is 0 Å². The van der Waals surface area contributed by atoms with Crippen LogP contribution < -0.4 is 5.56 Å². The minimum Gasteiger partial charge on any atom is -0.266 e. The van der Waals surface area contributed by atoms with E-state index in [1.54, 1.807) is 6.92 Å². The zero-order valence-electron chi connectivity index (χ0n) is 7.95. The molecule has 0 saturated carbocycles. The summed E-state index contributed by atoms with van der Waals surface area (Å²) in [6.07, 6.45) is 0. The number of benzene rings is 1. The van der Waals surface area contributed by atoms with Crippen molar-refractivity contribution in [3.05, 3.63) is 46.2 Å². The van der Waals surface area contributed by atoms with Crippen LogP contribution in [0.3, 0.4) is 0 Å². The highest BCUT2D eigenvalue weighted by molar-refractivity contribution is 6.22. The lowest BCUT2D eigenvalue weighted by Crippen LogP contribution is -2.11. The Labute approximate surface area is 96.7 Å². The summed E-state index contributed by atoms with van der Waals surface area (Å²) in [6, 6.07) is 9.39. The Morgan fingerprint density at radius 3 is 2.13 bits per heavy atom. The highest BCUT2D eigenvalue weighted by Gasteiger charge is 2.15. The second-order valence-corrected chi connectivity index (χ2v) is 3.81. The highest BCUT2D eigenvalue weighted by Crippen LogP contribution is 2.22. The predicted octanol–water partition coefficient (Wildman–Crippen LogP) is 2.63. The third-order valence-electron chi connectivity index (χ3n) is 2.23. The summed E-state index contributed by atoms with van der Waals surface area (Å²) < 4.78 is 1.98. The molecule has 0 bridgehead atoms. The summed E-state index contributed by atoms with van der Waals surface area (Å²) in [5, 5.41) is 0. The number of hydrogen-bond donors (Lipinski definition) is 0. The standard InChI is InChI=1S/C10H8Cl2N2O/c1-7-9(8-5-3-2-4-6-8)13(11)14(12)10(7)15/h2-6H,1H3. The van der Waals surface area contributed by atoms with Gasteiger partial charge in [-0.3, -0.25) is 4.79 Å². The molecule has 15 heavy (non-hydrogen) atoms. The molecule has 3 nitrogen and oxygen atoms in total. The normalized spacial score (nSPS) is 10.6. The van der Waals surface area contributed by atoms with Gasteiger partial charge in [0.25, 0.3) is 5.56 Å². The molecular formula is C10H8Cl2N2O. The van der Waals surface area contributed by atoms with E-state index in [0.717, 1.165) is 14.0 Å². The smallest absolute Gasteiger partial charge is 0.266 e. The molecule has 0 amide bonds. The predicted molar refractivity (Wildman–Crippen MR) is 61.4 cm³/mol. The lowest BCUT2D eigenvalue weighted by molar-refractivity contribution is 0.888. The quantitative estimate of drug-likeness (QED) is 0.756. The van der Waals surface area contributed by atoms with Crippen LogP contribution >= 0.6 is 23.6 Å². The van der Waals surface area contributed by atoms with Gasteiger partial charge in [0.1, 0.15) is 0 Å². The van der Waals surface area contributed by atoms with Crippen molar-refractivity contribution in [1.82, 2.24) is 8.40 Å². The van der Waals surface area contributed by atoms with E-state index >= 15 is 0 Å². The van der Waals surface area contributed by atoms with Gasteiger partial charge in [-0.2, -0.15) is 4.20 Å². The summed E-state index contributed by atoms with van der Waals surface area (Å²) in [7, 11) is 0. The zero-order valence-corrected chi connectivity index (χ0v) is 9.46. The highest BCUT2D eigenvalue weighted by atomic mass is 35.5. The first-order valence-corrected chi connectivity index (χ1v) is 5.03. The van der Waals surface area contributed by atoms with Crippen molar-refractivity contribution >= 4 is 23.6 Å². The molecule has 1 aromatic heterocycles. The molecule has 0 saturated heterocycles. The molecule has 5 heteroatoms. The number of aromatic nitrogens is 2. The summed E-state index contributed by atoms with van der Waals surface area (Å²) in [5.74, 6) is 0.